The second-order valence-corrected chi connectivity index (χ2v) is 5.44. The van der Waals surface area contributed by atoms with Crippen molar-refractivity contribution >= 4 is 29.7 Å². The first-order valence-corrected chi connectivity index (χ1v) is 7.74. The topological polar surface area (TPSA) is 238 Å². The lowest BCUT2D eigenvalue weighted by molar-refractivity contribution is -0.135. The van der Waals surface area contributed by atoms with Crippen LogP contribution in [0.15, 0.2) is 0 Å². The number of hydrogen-bond donors (Lipinski definition) is 9. The van der Waals surface area contributed by atoms with Gasteiger partial charge >= 0.3 is 6.03 Å². The molecule has 0 spiro atoms. The summed E-state index contributed by atoms with van der Waals surface area (Å²) in [7, 11) is 1.29. The fraction of sp³-hybridized carbons (Fsp3) is 0.615. The van der Waals surface area contributed by atoms with Gasteiger partial charge < -0.3 is 37.6 Å². The van der Waals surface area contributed by atoms with Crippen LogP contribution >= 0.6 is 0 Å². The Bertz CT molecular complexity index is 569. The van der Waals surface area contributed by atoms with E-state index in [9.17, 15) is 29.1 Å². The summed E-state index contributed by atoms with van der Waals surface area (Å²) in [6.07, 6.45) is -1.96. The smallest absolute Gasteiger partial charge is 0.315 e. The number of carbonyl (C=O) groups excluding carboxylic acids is 5. The zero-order chi connectivity index (χ0) is 21.1. The van der Waals surface area contributed by atoms with Gasteiger partial charge in [0.15, 0.2) is 0 Å². The molecule has 154 valence electrons. The quantitative estimate of drug-likeness (QED) is 0.171. The van der Waals surface area contributed by atoms with Crippen LogP contribution in [-0.2, 0) is 19.2 Å². The Morgan fingerprint density at radius 3 is 2.00 bits per heavy atom. The van der Waals surface area contributed by atoms with Gasteiger partial charge in [-0.25, -0.2) is 4.79 Å². The van der Waals surface area contributed by atoms with Crippen LogP contribution in [0.4, 0.5) is 4.79 Å². The molecule has 14 nitrogen and oxygen atoms in total. The summed E-state index contributed by atoms with van der Waals surface area (Å²) in [6, 6.07) is -5.03. The van der Waals surface area contributed by atoms with E-state index in [2.05, 4.69) is 16.0 Å². The number of nitrogens with one attached hydrogen (secondary N) is 5. The molecule has 0 fully saturated rings. The van der Waals surface area contributed by atoms with Crippen LogP contribution < -0.4 is 38.3 Å². The minimum atomic E-state index is -1.52. The molecule has 0 aliphatic heterocycles. The summed E-state index contributed by atoms with van der Waals surface area (Å²) in [5, 5.41) is 24.9. The minimum Gasteiger partial charge on any atom is -0.394 e. The van der Waals surface area contributed by atoms with Gasteiger partial charge in [-0.2, -0.15) is 0 Å². The number of carbonyl (C=O) groups is 5. The molecule has 0 heterocycles. The van der Waals surface area contributed by atoms with Crippen molar-refractivity contribution in [2.75, 3.05) is 13.7 Å². The van der Waals surface area contributed by atoms with Crippen molar-refractivity contribution in [2.45, 2.75) is 37.6 Å². The molecule has 4 atom stereocenters. The first-order valence-electron chi connectivity index (χ1n) is 7.74. The van der Waals surface area contributed by atoms with Crippen LogP contribution in [0.3, 0.4) is 0 Å². The Kier molecular flexibility index (Phi) is 10.3. The van der Waals surface area contributed by atoms with Crippen LogP contribution in [0.5, 0.6) is 0 Å². The zero-order valence-corrected chi connectivity index (χ0v) is 14.8. The van der Waals surface area contributed by atoms with E-state index in [1.807, 2.05) is 10.9 Å². The second-order valence-electron chi connectivity index (χ2n) is 5.44. The average molecular weight is 391 g/mol. The molecule has 6 amide bonds. The first-order chi connectivity index (χ1) is 12.5. The molecular weight excluding hydrogens is 366 g/mol. The summed E-state index contributed by atoms with van der Waals surface area (Å²) in [6.45, 7) is 0.546. The van der Waals surface area contributed by atoms with Gasteiger partial charge in [0.25, 0.3) is 11.8 Å². The molecule has 14 heteroatoms. The highest BCUT2D eigenvalue weighted by Gasteiger charge is 2.30. The van der Waals surface area contributed by atoms with E-state index in [0.29, 0.717) is 0 Å². The SMILES string of the molecule is CNC(=O)N[C@H](C(=O)N[C@@H](CC(N)=O)C(=O)NNC(=O)[C@@H](N)CO)C(C)O. The van der Waals surface area contributed by atoms with E-state index in [1.165, 1.54) is 14.0 Å². The maximum absolute atomic E-state index is 12.2. The number of primary amides is 1. The Labute approximate surface area is 154 Å². The van der Waals surface area contributed by atoms with Crippen molar-refractivity contribution < 1.29 is 34.2 Å². The highest BCUT2D eigenvalue weighted by molar-refractivity contribution is 5.95. The summed E-state index contributed by atoms with van der Waals surface area (Å²) in [4.78, 5) is 58.2. The fourth-order valence-corrected chi connectivity index (χ4v) is 1.68. The average Bonchev–Trinajstić information content (AvgIpc) is 2.61. The van der Waals surface area contributed by atoms with Crippen LogP contribution in [-0.4, -0.2) is 77.8 Å². The molecule has 27 heavy (non-hydrogen) atoms. The van der Waals surface area contributed by atoms with Crippen molar-refractivity contribution in [3.63, 3.8) is 0 Å². The van der Waals surface area contributed by atoms with Crippen LogP contribution in [0.2, 0.25) is 0 Å². The van der Waals surface area contributed by atoms with Crippen LogP contribution in [0.25, 0.3) is 0 Å². The molecule has 0 aromatic rings. The van der Waals surface area contributed by atoms with Crippen LogP contribution in [0, 0.1) is 0 Å². The predicted octanol–water partition coefficient (Wildman–Crippen LogP) is -5.51. The van der Waals surface area contributed by atoms with Gasteiger partial charge in [0, 0.05) is 7.05 Å². The lowest BCUT2D eigenvalue weighted by atomic mass is 10.1. The number of urea groups is 1. The van der Waals surface area contributed by atoms with E-state index < -0.39 is 66.9 Å². The van der Waals surface area contributed by atoms with E-state index in [0.717, 1.165) is 0 Å². The van der Waals surface area contributed by atoms with Crippen molar-refractivity contribution in [2.24, 2.45) is 11.5 Å². The zero-order valence-electron chi connectivity index (χ0n) is 14.8. The number of rotatable bonds is 9. The molecule has 0 saturated carbocycles. The van der Waals surface area contributed by atoms with Gasteiger partial charge in [0.1, 0.15) is 18.1 Å². The molecule has 11 N–H and O–H groups in total. The summed E-state index contributed by atoms with van der Waals surface area (Å²) in [5.74, 6) is -3.86. The van der Waals surface area contributed by atoms with E-state index in [1.54, 1.807) is 0 Å². The van der Waals surface area contributed by atoms with Crippen molar-refractivity contribution in [1.82, 2.24) is 26.8 Å². The van der Waals surface area contributed by atoms with Gasteiger partial charge in [-0.15, -0.1) is 0 Å². The standard InChI is InChI=1S/C13H25N7O7/c1-5(22)9(18-13(27)16-2)12(26)17-7(3-8(15)23)11(25)20-19-10(24)6(14)4-21/h5-7,9,21-22H,3-4,14H2,1-2H3,(H2,15,23)(H,17,26)(H,19,24)(H,20,25)(H2,16,18,27)/t5?,6-,7-,9-/m0/s1. The third-order valence-corrected chi connectivity index (χ3v) is 3.16. The van der Waals surface area contributed by atoms with E-state index in [4.69, 9.17) is 16.6 Å². The van der Waals surface area contributed by atoms with E-state index in [-0.39, 0.29) is 0 Å². The van der Waals surface area contributed by atoms with Gasteiger partial charge in [-0.3, -0.25) is 30.0 Å². The number of nitrogens with two attached hydrogens (primary N) is 2. The van der Waals surface area contributed by atoms with Crippen molar-refractivity contribution in [1.29, 1.82) is 0 Å². The van der Waals surface area contributed by atoms with Gasteiger partial charge in [0.05, 0.1) is 19.1 Å². The largest absolute Gasteiger partial charge is 0.394 e. The maximum atomic E-state index is 12.2. The Hall–Kier alpha value is -2.97. The molecule has 0 radical (unpaired) electrons. The van der Waals surface area contributed by atoms with E-state index >= 15 is 0 Å². The molecular formula is C13H25N7O7. The van der Waals surface area contributed by atoms with Gasteiger partial charge in [-0.1, -0.05) is 0 Å². The Morgan fingerprint density at radius 1 is 1.00 bits per heavy atom. The summed E-state index contributed by atoms with van der Waals surface area (Å²) in [5.41, 5.74) is 14.1. The molecule has 0 aromatic carbocycles. The number of amides is 6. The second kappa shape index (κ2) is 11.6. The monoisotopic (exact) mass is 391 g/mol. The molecule has 0 aliphatic carbocycles. The first kappa shape index (κ1) is 24.0. The maximum Gasteiger partial charge on any atom is 0.315 e. The highest BCUT2D eigenvalue weighted by atomic mass is 16.3. The number of aliphatic hydroxyl groups is 2. The summed E-state index contributed by atoms with van der Waals surface area (Å²) >= 11 is 0. The minimum absolute atomic E-state index is 0.633. The van der Waals surface area contributed by atoms with Crippen molar-refractivity contribution in [3.05, 3.63) is 0 Å². The fourth-order valence-electron chi connectivity index (χ4n) is 1.68. The van der Waals surface area contributed by atoms with Gasteiger partial charge in [-0.05, 0) is 6.92 Å². The highest BCUT2D eigenvalue weighted by Crippen LogP contribution is 1.98. The van der Waals surface area contributed by atoms with Crippen molar-refractivity contribution in [3.8, 4) is 0 Å². The number of hydrazine groups is 1. The molecule has 0 aromatic heterocycles. The Balaban J connectivity index is 5.08. The predicted molar refractivity (Wildman–Crippen MR) is 90.1 cm³/mol. The summed E-state index contributed by atoms with van der Waals surface area (Å²) < 4.78 is 0. The lowest BCUT2D eigenvalue weighted by Gasteiger charge is -2.24. The van der Waals surface area contributed by atoms with Gasteiger partial charge in [0.2, 0.25) is 11.8 Å². The molecule has 0 rings (SSSR count). The molecule has 0 bridgehead atoms. The molecule has 0 aliphatic rings. The normalized spacial score (nSPS) is 14.7. The lowest BCUT2D eigenvalue weighted by Crippen LogP contribution is -2.60. The number of hydrogen-bond acceptors (Lipinski definition) is 8. The Morgan fingerprint density at radius 2 is 1.56 bits per heavy atom. The third kappa shape index (κ3) is 8.80. The molecule has 0 saturated heterocycles. The molecule has 1 unspecified atom stereocenters. The number of aliphatic hydroxyl groups excluding tert-OH is 2. The third-order valence-electron chi connectivity index (χ3n) is 3.16. The van der Waals surface area contributed by atoms with Crippen LogP contribution in [0.1, 0.15) is 13.3 Å².